The number of rotatable bonds is 6. The Morgan fingerprint density at radius 3 is 2.92 bits per heavy atom. The molecule has 0 amide bonds. The molecule has 10 nitrogen and oxygen atoms in total. The number of anilines is 1. The third-order valence-corrected chi connectivity index (χ3v) is 7.76. The fourth-order valence-corrected chi connectivity index (χ4v) is 5.94. The first kappa shape index (κ1) is 24.3. The second-order valence-electron chi connectivity index (χ2n) is 9.96. The lowest BCUT2D eigenvalue weighted by atomic mass is 9.94. The number of hydrogen-bond donors (Lipinski definition) is 2. The van der Waals surface area contributed by atoms with Gasteiger partial charge in [-0.3, -0.25) is 4.79 Å². The van der Waals surface area contributed by atoms with Crippen LogP contribution in [0.1, 0.15) is 24.0 Å². The van der Waals surface area contributed by atoms with Gasteiger partial charge in [0.05, 0.1) is 29.3 Å². The van der Waals surface area contributed by atoms with E-state index < -0.39 is 0 Å². The van der Waals surface area contributed by atoms with Gasteiger partial charge in [-0.1, -0.05) is 23.7 Å². The van der Waals surface area contributed by atoms with Gasteiger partial charge in [0.25, 0.3) is 5.56 Å². The first-order valence-electron chi connectivity index (χ1n) is 13.0. The maximum Gasteiger partial charge on any atom is 0.252 e. The Morgan fingerprint density at radius 1 is 1.15 bits per heavy atom. The summed E-state index contributed by atoms with van der Waals surface area (Å²) in [5.74, 6) is 1.68. The summed E-state index contributed by atoms with van der Waals surface area (Å²) in [6, 6.07) is 14.9. The van der Waals surface area contributed by atoms with Crippen molar-refractivity contribution >= 4 is 17.3 Å². The molecule has 5 aromatic rings. The Kier molecular flexibility index (Phi) is 5.96. The van der Waals surface area contributed by atoms with Crippen LogP contribution < -0.4 is 15.6 Å². The molecule has 2 aliphatic rings. The SMILES string of the molecule is C=CC[C@H]1Cc2cc(-c3cc(Cl)ccc3-n3cnnn3)cc(=O)n2[C@@H]1c1ncc(-c2ccc3c(c2)OCCN3)[nH]1. The monoisotopic (exact) mass is 552 g/mol. The number of allylic oxidation sites excluding steroid dienone is 1. The first-order valence-corrected chi connectivity index (χ1v) is 13.4. The van der Waals surface area contributed by atoms with Crippen LogP contribution in [0, 0.1) is 5.92 Å². The molecule has 2 atom stereocenters. The zero-order valence-electron chi connectivity index (χ0n) is 21.4. The third kappa shape index (κ3) is 4.17. The highest BCUT2D eigenvalue weighted by atomic mass is 35.5. The van der Waals surface area contributed by atoms with Crippen LogP contribution in [-0.4, -0.2) is 47.9 Å². The number of aromatic amines is 1. The number of benzene rings is 2. The molecule has 5 heterocycles. The molecule has 0 radical (unpaired) electrons. The molecule has 200 valence electrons. The molecule has 2 N–H and O–H groups in total. The van der Waals surface area contributed by atoms with E-state index in [1.807, 2.05) is 47.2 Å². The molecule has 2 aromatic carbocycles. The summed E-state index contributed by atoms with van der Waals surface area (Å²) in [5.41, 5.74) is 5.89. The van der Waals surface area contributed by atoms with Gasteiger partial charge in [-0.15, -0.1) is 11.7 Å². The van der Waals surface area contributed by atoms with Crippen LogP contribution in [0.3, 0.4) is 0 Å². The van der Waals surface area contributed by atoms with Gasteiger partial charge >= 0.3 is 0 Å². The second kappa shape index (κ2) is 9.80. The largest absolute Gasteiger partial charge is 0.490 e. The van der Waals surface area contributed by atoms with E-state index in [1.54, 1.807) is 16.8 Å². The summed E-state index contributed by atoms with van der Waals surface area (Å²) in [4.78, 5) is 22.0. The van der Waals surface area contributed by atoms with Crippen molar-refractivity contribution in [2.45, 2.75) is 18.9 Å². The average molecular weight is 553 g/mol. The average Bonchev–Trinajstić information content (AvgIpc) is 3.73. The Morgan fingerprint density at radius 2 is 2.08 bits per heavy atom. The van der Waals surface area contributed by atoms with Crippen molar-refractivity contribution < 1.29 is 4.74 Å². The van der Waals surface area contributed by atoms with Gasteiger partial charge in [-0.2, -0.15) is 4.68 Å². The Labute approximate surface area is 234 Å². The Hall–Kier alpha value is -4.70. The first-order chi connectivity index (χ1) is 19.6. The number of aromatic nitrogens is 7. The minimum atomic E-state index is -0.253. The van der Waals surface area contributed by atoms with E-state index in [1.165, 1.54) is 6.33 Å². The predicted molar refractivity (Wildman–Crippen MR) is 152 cm³/mol. The molecular weight excluding hydrogens is 528 g/mol. The molecule has 0 saturated carbocycles. The summed E-state index contributed by atoms with van der Waals surface area (Å²) in [5, 5.41) is 15.4. The number of nitrogens with zero attached hydrogens (tertiary/aromatic N) is 6. The highest BCUT2D eigenvalue weighted by molar-refractivity contribution is 6.31. The highest BCUT2D eigenvalue weighted by Gasteiger charge is 2.36. The summed E-state index contributed by atoms with van der Waals surface area (Å²) in [6.07, 6.45) is 6.68. The van der Waals surface area contributed by atoms with Crippen molar-refractivity contribution in [2.75, 3.05) is 18.5 Å². The number of pyridine rings is 1. The number of halogens is 1. The Bertz CT molecular complexity index is 1790. The van der Waals surface area contributed by atoms with Gasteiger partial charge in [0, 0.05) is 34.5 Å². The summed E-state index contributed by atoms with van der Waals surface area (Å²) in [7, 11) is 0. The van der Waals surface area contributed by atoms with E-state index in [9.17, 15) is 4.79 Å². The van der Waals surface area contributed by atoms with Crippen molar-refractivity contribution in [3.63, 3.8) is 0 Å². The van der Waals surface area contributed by atoms with Crippen LogP contribution in [0.5, 0.6) is 5.75 Å². The number of ether oxygens (including phenoxy) is 1. The number of nitrogens with one attached hydrogen (secondary N) is 2. The third-order valence-electron chi connectivity index (χ3n) is 7.52. The van der Waals surface area contributed by atoms with E-state index >= 15 is 0 Å². The summed E-state index contributed by atoms with van der Waals surface area (Å²) in [6.45, 7) is 5.39. The van der Waals surface area contributed by atoms with Gasteiger partial charge in [0.15, 0.2) is 0 Å². The molecule has 3 aromatic heterocycles. The zero-order chi connectivity index (χ0) is 27.2. The fourth-order valence-electron chi connectivity index (χ4n) is 5.77. The molecular formula is C29H25ClN8O2. The van der Waals surface area contributed by atoms with E-state index in [-0.39, 0.29) is 17.5 Å². The van der Waals surface area contributed by atoms with E-state index in [4.69, 9.17) is 21.3 Å². The Balaban J connectivity index is 1.29. The number of H-pyrrole nitrogens is 1. The number of hydrogen-bond acceptors (Lipinski definition) is 7. The predicted octanol–water partition coefficient (Wildman–Crippen LogP) is 4.68. The maximum atomic E-state index is 13.8. The molecule has 0 saturated heterocycles. The van der Waals surface area contributed by atoms with Gasteiger partial charge < -0.3 is 19.6 Å². The summed E-state index contributed by atoms with van der Waals surface area (Å²) < 4.78 is 9.23. The molecule has 11 heteroatoms. The van der Waals surface area contributed by atoms with Crippen LogP contribution in [0.2, 0.25) is 5.02 Å². The number of tetrazole rings is 1. The van der Waals surface area contributed by atoms with Gasteiger partial charge in [0.2, 0.25) is 0 Å². The maximum absolute atomic E-state index is 13.8. The normalized spacial score (nSPS) is 17.5. The smallest absolute Gasteiger partial charge is 0.252 e. The molecule has 0 bridgehead atoms. The minimum Gasteiger partial charge on any atom is -0.490 e. The minimum absolute atomic E-state index is 0.113. The molecule has 0 spiro atoms. The van der Waals surface area contributed by atoms with Crippen LogP contribution in [0.4, 0.5) is 5.69 Å². The van der Waals surface area contributed by atoms with Crippen molar-refractivity contribution in [3.8, 4) is 33.8 Å². The summed E-state index contributed by atoms with van der Waals surface area (Å²) >= 11 is 6.37. The highest BCUT2D eigenvalue weighted by Crippen LogP contribution is 2.40. The number of imidazole rings is 1. The number of fused-ring (bicyclic) bond motifs is 2. The van der Waals surface area contributed by atoms with Crippen LogP contribution in [-0.2, 0) is 6.42 Å². The van der Waals surface area contributed by atoms with Crippen LogP contribution in [0.15, 0.2) is 78.5 Å². The molecule has 0 fully saturated rings. The van der Waals surface area contributed by atoms with E-state index in [2.05, 4.69) is 38.5 Å². The second-order valence-corrected chi connectivity index (χ2v) is 10.4. The van der Waals surface area contributed by atoms with Gasteiger partial charge in [-0.25, -0.2) is 4.98 Å². The fraction of sp³-hybridized carbons (Fsp3) is 0.207. The van der Waals surface area contributed by atoms with E-state index in [0.717, 1.165) is 64.0 Å². The lowest BCUT2D eigenvalue weighted by Gasteiger charge is -2.20. The van der Waals surface area contributed by atoms with Gasteiger partial charge in [-0.05, 0) is 71.1 Å². The topological polar surface area (TPSA) is 116 Å². The van der Waals surface area contributed by atoms with Gasteiger partial charge in [0.1, 0.15) is 24.5 Å². The van der Waals surface area contributed by atoms with Crippen molar-refractivity contribution in [1.82, 2.24) is 34.7 Å². The lowest BCUT2D eigenvalue weighted by Crippen LogP contribution is -2.26. The van der Waals surface area contributed by atoms with Crippen molar-refractivity contribution in [1.29, 1.82) is 0 Å². The van der Waals surface area contributed by atoms with Crippen LogP contribution >= 0.6 is 11.6 Å². The van der Waals surface area contributed by atoms with Crippen molar-refractivity contribution in [2.24, 2.45) is 5.92 Å². The lowest BCUT2D eigenvalue weighted by molar-refractivity contribution is 0.323. The molecule has 40 heavy (non-hydrogen) atoms. The zero-order valence-corrected chi connectivity index (χ0v) is 22.2. The molecule has 2 aliphatic heterocycles. The standard InChI is InChI=1S/C29H25ClN8O2/c1-2-3-18-10-21-11-19(22-14-20(30)5-7-25(22)37-16-33-35-36-37)13-27(39)38(21)28(18)29-32-15-24(34-29)17-4-6-23-26(12-17)40-9-8-31-23/h2,4-7,11-16,18,28,31H,1,3,8-10H2,(H,32,34)/t18-,28-/m0/s1. The quantitative estimate of drug-likeness (QED) is 0.294. The van der Waals surface area contributed by atoms with Crippen molar-refractivity contribution in [3.05, 3.63) is 101 Å². The molecule has 0 unspecified atom stereocenters. The van der Waals surface area contributed by atoms with E-state index in [0.29, 0.717) is 18.1 Å². The molecule has 7 rings (SSSR count). The van der Waals surface area contributed by atoms with Crippen LogP contribution in [0.25, 0.3) is 28.1 Å². The molecule has 0 aliphatic carbocycles.